The molecule has 0 fully saturated rings. The van der Waals surface area contributed by atoms with Crippen molar-refractivity contribution < 1.29 is 10.2 Å². The molecule has 3 heteroatoms. The minimum absolute atomic E-state index is 0.0538. The van der Waals surface area contributed by atoms with E-state index in [-0.39, 0.29) is 33.2 Å². The first-order valence-electron chi connectivity index (χ1n) is 11.5. The molecule has 0 aliphatic carbocycles. The molecule has 31 heavy (non-hydrogen) atoms. The molecule has 2 nitrogen and oxygen atoms in total. The highest BCUT2D eigenvalue weighted by Gasteiger charge is 2.38. The van der Waals surface area contributed by atoms with E-state index in [1.54, 1.807) is 12.1 Å². The van der Waals surface area contributed by atoms with Crippen molar-refractivity contribution in [2.75, 3.05) is 0 Å². The van der Waals surface area contributed by atoms with Crippen LogP contribution < -0.4 is 0 Å². The number of benzene rings is 2. The van der Waals surface area contributed by atoms with Crippen LogP contribution in [0.15, 0.2) is 46.2 Å². The molecule has 0 spiro atoms. The van der Waals surface area contributed by atoms with Crippen LogP contribution in [-0.4, -0.2) is 10.2 Å². The fourth-order valence-corrected chi connectivity index (χ4v) is 4.71. The summed E-state index contributed by atoms with van der Waals surface area (Å²) in [6, 6.07) is 11.8. The average molecular weight is 443 g/mol. The van der Waals surface area contributed by atoms with Gasteiger partial charge in [-0.3, -0.25) is 0 Å². The highest BCUT2D eigenvalue weighted by Crippen LogP contribution is 2.49. The van der Waals surface area contributed by atoms with Gasteiger partial charge in [-0.05, 0) is 57.1 Å². The van der Waals surface area contributed by atoms with Crippen molar-refractivity contribution in [2.45, 2.75) is 103 Å². The van der Waals surface area contributed by atoms with Crippen LogP contribution in [0.25, 0.3) is 0 Å². The fraction of sp³-hybridized carbons (Fsp3) is 0.571. The molecule has 0 aromatic heterocycles. The Bertz CT molecular complexity index is 847. The Labute approximate surface area is 194 Å². The Morgan fingerprint density at radius 1 is 0.613 bits per heavy atom. The van der Waals surface area contributed by atoms with E-state index in [1.807, 2.05) is 12.1 Å². The SMILES string of the molecule is CCC(C)(C)C(C)(C)c1ccc(O)c(Sc2cc(C(C)(C)C(C)(C)CC)ccc2O)c1. The van der Waals surface area contributed by atoms with Crippen LogP contribution in [0.2, 0.25) is 0 Å². The maximum atomic E-state index is 10.6. The van der Waals surface area contributed by atoms with Gasteiger partial charge in [0.05, 0.1) is 9.79 Å². The quantitative estimate of drug-likeness (QED) is 0.429. The Hall–Kier alpha value is -1.61. The number of hydrogen-bond acceptors (Lipinski definition) is 3. The third kappa shape index (κ3) is 4.77. The molecule has 0 saturated heterocycles. The molecule has 0 radical (unpaired) electrons. The van der Waals surface area contributed by atoms with Crippen molar-refractivity contribution in [3.63, 3.8) is 0 Å². The lowest BCUT2D eigenvalue weighted by atomic mass is 9.63. The number of aromatic hydroxyl groups is 2. The highest BCUT2D eigenvalue weighted by atomic mass is 32.2. The highest BCUT2D eigenvalue weighted by molar-refractivity contribution is 7.99. The van der Waals surface area contributed by atoms with Crippen molar-refractivity contribution in [3.05, 3.63) is 47.5 Å². The topological polar surface area (TPSA) is 40.5 Å². The predicted octanol–water partition coefficient (Wildman–Crippen LogP) is 8.68. The molecule has 2 aromatic carbocycles. The molecule has 0 unspecified atom stereocenters. The van der Waals surface area contributed by atoms with Crippen molar-refractivity contribution in [3.8, 4) is 11.5 Å². The van der Waals surface area contributed by atoms with Gasteiger partial charge in [0.25, 0.3) is 0 Å². The van der Waals surface area contributed by atoms with Crippen molar-refractivity contribution >= 4 is 11.8 Å². The Morgan fingerprint density at radius 2 is 0.935 bits per heavy atom. The first kappa shape index (κ1) is 25.6. The molecule has 2 aromatic rings. The summed E-state index contributed by atoms with van der Waals surface area (Å²) in [5.74, 6) is 0.494. The Kier molecular flexibility index (Phi) is 7.22. The van der Waals surface area contributed by atoms with Crippen LogP contribution in [0, 0.1) is 10.8 Å². The molecular formula is C28H42O2S. The van der Waals surface area contributed by atoms with E-state index in [9.17, 15) is 10.2 Å². The van der Waals surface area contributed by atoms with Gasteiger partial charge in [0.2, 0.25) is 0 Å². The molecule has 0 atom stereocenters. The molecule has 2 N–H and O–H groups in total. The van der Waals surface area contributed by atoms with E-state index in [2.05, 4.69) is 81.4 Å². The van der Waals surface area contributed by atoms with Crippen LogP contribution >= 0.6 is 11.8 Å². The van der Waals surface area contributed by atoms with Crippen LogP contribution in [0.4, 0.5) is 0 Å². The van der Waals surface area contributed by atoms with E-state index >= 15 is 0 Å². The van der Waals surface area contributed by atoms with E-state index in [0.717, 1.165) is 22.6 Å². The van der Waals surface area contributed by atoms with Gasteiger partial charge in [-0.15, -0.1) is 0 Å². The van der Waals surface area contributed by atoms with Crippen LogP contribution in [0.3, 0.4) is 0 Å². The second-order valence-electron chi connectivity index (χ2n) is 11.2. The van der Waals surface area contributed by atoms with E-state index in [0.29, 0.717) is 0 Å². The molecule has 2 rings (SSSR count). The number of phenols is 2. The lowest BCUT2D eigenvalue weighted by molar-refractivity contribution is 0.188. The number of rotatable bonds is 8. The average Bonchev–Trinajstić information content (AvgIpc) is 2.70. The van der Waals surface area contributed by atoms with Crippen molar-refractivity contribution in [2.24, 2.45) is 10.8 Å². The van der Waals surface area contributed by atoms with Gasteiger partial charge in [-0.1, -0.05) is 106 Å². The zero-order chi connectivity index (χ0) is 23.8. The molecule has 0 aliphatic rings. The lowest BCUT2D eigenvalue weighted by Crippen LogP contribution is -2.36. The first-order valence-corrected chi connectivity index (χ1v) is 12.3. The third-order valence-electron chi connectivity index (χ3n) is 8.73. The first-order chi connectivity index (χ1) is 14.1. The molecular weight excluding hydrogens is 400 g/mol. The second kappa shape index (κ2) is 8.73. The van der Waals surface area contributed by atoms with Gasteiger partial charge in [-0.2, -0.15) is 0 Å². The number of hydrogen-bond donors (Lipinski definition) is 2. The monoisotopic (exact) mass is 442 g/mol. The van der Waals surface area contributed by atoms with Gasteiger partial charge in [0, 0.05) is 0 Å². The van der Waals surface area contributed by atoms with E-state index in [4.69, 9.17) is 0 Å². The van der Waals surface area contributed by atoms with E-state index < -0.39 is 0 Å². The summed E-state index contributed by atoms with van der Waals surface area (Å²) in [6.07, 6.45) is 2.13. The third-order valence-corrected chi connectivity index (χ3v) is 9.83. The molecule has 0 saturated carbocycles. The van der Waals surface area contributed by atoms with E-state index in [1.165, 1.54) is 22.9 Å². The molecule has 0 heterocycles. The Balaban J connectivity index is 2.50. The van der Waals surface area contributed by atoms with Crippen molar-refractivity contribution in [1.29, 1.82) is 0 Å². The van der Waals surface area contributed by atoms with Crippen LogP contribution in [-0.2, 0) is 10.8 Å². The minimum Gasteiger partial charge on any atom is -0.507 e. The maximum absolute atomic E-state index is 10.6. The summed E-state index contributed by atoms with van der Waals surface area (Å²) in [4.78, 5) is 1.55. The Morgan fingerprint density at radius 3 is 1.23 bits per heavy atom. The molecule has 172 valence electrons. The summed E-state index contributed by atoms with van der Waals surface area (Å²) in [6.45, 7) is 22.7. The number of phenolic OH excluding ortho intramolecular Hbond substituents is 2. The summed E-state index contributed by atoms with van der Waals surface area (Å²) < 4.78 is 0. The van der Waals surface area contributed by atoms with Crippen LogP contribution in [0.1, 0.15) is 93.2 Å². The predicted molar refractivity (Wildman–Crippen MR) is 135 cm³/mol. The van der Waals surface area contributed by atoms with Gasteiger partial charge in [0.15, 0.2) is 0 Å². The lowest BCUT2D eigenvalue weighted by Gasteiger charge is -2.42. The summed E-state index contributed by atoms with van der Waals surface area (Å²) in [5.41, 5.74) is 2.52. The largest absolute Gasteiger partial charge is 0.507 e. The molecule has 0 bridgehead atoms. The summed E-state index contributed by atoms with van der Waals surface area (Å²) >= 11 is 1.44. The fourth-order valence-electron chi connectivity index (χ4n) is 3.75. The maximum Gasteiger partial charge on any atom is 0.129 e. The zero-order valence-electron chi connectivity index (χ0n) is 21.2. The van der Waals surface area contributed by atoms with Gasteiger partial charge in [0.1, 0.15) is 11.5 Å². The van der Waals surface area contributed by atoms with Gasteiger partial charge < -0.3 is 10.2 Å². The normalized spacial score (nSPS) is 13.5. The summed E-state index contributed by atoms with van der Waals surface area (Å²) in [7, 11) is 0. The van der Waals surface area contributed by atoms with Gasteiger partial charge in [-0.25, -0.2) is 0 Å². The standard InChI is InChI=1S/C28H42O2S/c1-11-25(3,4)27(7,8)19-13-15-21(29)23(17-19)31-24-18-20(14-16-22(24)30)28(9,10)26(5,6)12-2/h13-18,29-30H,11-12H2,1-10H3. The van der Waals surface area contributed by atoms with Crippen molar-refractivity contribution in [1.82, 2.24) is 0 Å². The molecule has 0 aliphatic heterocycles. The van der Waals surface area contributed by atoms with Gasteiger partial charge >= 0.3 is 0 Å². The molecule has 0 amide bonds. The zero-order valence-corrected chi connectivity index (χ0v) is 22.0. The smallest absolute Gasteiger partial charge is 0.129 e. The summed E-state index contributed by atoms with van der Waals surface area (Å²) in [5, 5.41) is 21.2. The minimum atomic E-state index is -0.0538. The second-order valence-corrected chi connectivity index (χ2v) is 12.3. The van der Waals surface area contributed by atoms with Crippen LogP contribution in [0.5, 0.6) is 11.5 Å².